The molecule has 0 radical (unpaired) electrons. The lowest BCUT2D eigenvalue weighted by atomic mass is 10.2. The molecule has 0 amide bonds. The lowest BCUT2D eigenvalue weighted by Gasteiger charge is -2.11. The van der Waals surface area contributed by atoms with E-state index in [0.717, 1.165) is 0 Å². The Balaban J connectivity index is 2.45. The van der Waals surface area contributed by atoms with Crippen LogP contribution >= 0.6 is 11.6 Å². The lowest BCUT2D eigenvalue weighted by Crippen LogP contribution is -2.11. The molecular formula is C9H11ClN4O. The molecule has 0 aliphatic rings. The van der Waals surface area contributed by atoms with E-state index in [4.69, 9.17) is 11.6 Å². The second kappa shape index (κ2) is 3.67. The summed E-state index contributed by atoms with van der Waals surface area (Å²) in [5.74, 6) is 0. The first-order valence-corrected chi connectivity index (χ1v) is 4.82. The summed E-state index contributed by atoms with van der Waals surface area (Å²) in [4.78, 5) is 0. The zero-order valence-corrected chi connectivity index (χ0v) is 9.18. The fourth-order valence-corrected chi connectivity index (χ4v) is 1.79. The van der Waals surface area contributed by atoms with E-state index in [1.54, 1.807) is 35.7 Å². The molecule has 0 aliphatic heterocycles. The Bertz CT molecular complexity index is 457. The van der Waals surface area contributed by atoms with E-state index in [9.17, 15) is 5.11 Å². The highest BCUT2D eigenvalue weighted by atomic mass is 35.5. The van der Waals surface area contributed by atoms with Crippen LogP contribution in [0.5, 0.6) is 0 Å². The van der Waals surface area contributed by atoms with E-state index in [2.05, 4.69) is 10.2 Å². The van der Waals surface area contributed by atoms with Crippen molar-refractivity contribution in [1.82, 2.24) is 19.6 Å². The molecule has 0 spiro atoms. The van der Waals surface area contributed by atoms with Crippen LogP contribution in [0.1, 0.15) is 17.5 Å². The summed E-state index contributed by atoms with van der Waals surface area (Å²) >= 11 is 5.94. The van der Waals surface area contributed by atoms with Gasteiger partial charge in [-0.15, -0.1) is 0 Å². The predicted octanol–water partition coefficient (Wildman–Crippen LogP) is 0.889. The Kier molecular flexibility index (Phi) is 2.50. The summed E-state index contributed by atoms with van der Waals surface area (Å²) in [5, 5.41) is 18.5. The maximum absolute atomic E-state index is 10.1. The van der Waals surface area contributed by atoms with Crippen LogP contribution in [-0.2, 0) is 14.1 Å². The molecule has 1 N–H and O–H groups in total. The molecule has 0 bridgehead atoms. The third-order valence-corrected chi connectivity index (χ3v) is 2.63. The van der Waals surface area contributed by atoms with Crippen molar-refractivity contribution in [2.24, 2.45) is 14.1 Å². The van der Waals surface area contributed by atoms with Crippen molar-refractivity contribution < 1.29 is 5.11 Å². The maximum Gasteiger partial charge on any atom is 0.139 e. The van der Waals surface area contributed by atoms with Gasteiger partial charge in [0.15, 0.2) is 0 Å². The Morgan fingerprint density at radius 1 is 1.33 bits per heavy atom. The van der Waals surface area contributed by atoms with Gasteiger partial charge in [-0.3, -0.25) is 9.36 Å². The Hall–Kier alpha value is -1.33. The van der Waals surface area contributed by atoms with Crippen LogP contribution < -0.4 is 0 Å². The average Bonchev–Trinajstić information content (AvgIpc) is 2.73. The van der Waals surface area contributed by atoms with E-state index in [1.165, 1.54) is 6.20 Å². The normalized spacial score (nSPS) is 13.1. The molecule has 15 heavy (non-hydrogen) atoms. The van der Waals surface area contributed by atoms with Crippen LogP contribution in [0.3, 0.4) is 0 Å². The first-order valence-electron chi connectivity index (χ1n) is 4.44. The van der Waals surface area contributed by atoms with Crippen LogP contribution in [-0.4, -0.2) is 24.7 Å². The molecule has 2 heterocycles. The molecule has 5 nitrogen and oxygen atoms in total. The van der Waals surface area contributed by atoms with Gasteiger partial charge in [0.1, 0.15) is 6.10 Å². The first kappa shape index (κ1) is 10.2. The highest BCUT2D eigenvalue weighted by Crippen LogP contribution is 2.26. The highest BCUT2D eigenvalue weighted by Gasteiger charge is 2.20. The van der Waals surface area contributed by atoms with Crippen LogP contribution in [0.15, 0.2) is 18.5 Å². The quantitative estimate of drug-likeness (QED) is 0.828. The summed E-state index contributed by atoms with van der Waals surface area (Å²) in [5.41, 5.74) is 1.25. The number of hydrogen-bond acceptors (Lipinski definition) is 3. The molecular weight excluding hydrogens is 216 g/mol. The van der Waals surface area contributed by atoms with E-state index in [0.29, 0.717) is 16.4 Å². The van der Waals surface area contributed by atoms with E-state index < -0.39 is 6.10 Å². The van der Waals surface area contributed by atoms with E-state index >= 15 is 0 Å². The molecule has 2 aromatic heterocycles. The summed E-state index contributed by atoms with van der Waals surface area (Å²) in [6.45, 7) is 0. The van der Waals surface area contributed by atoms with Crippen molar-refractivity contribution in [3.8, 4) is 0 Å². The molecule has 80 valence electrons. The maximum atomic E-state index is 10.1. The smallest absolute Gasteiger partial charge is 0.139 e. The van der Waals surface area contributed by atoms with Crippen LogP contribution in [0.4, 0.5) is 0 Å². The van der Waals surface area contributed by atoms with Crippen molar-refractivity contribution in [3.63, 3.8) is 0 Å². The molecule has 1 unspecified atom stereocenters. The second-order valence-corrected chi connectivity index (χ2v) is 3.69. The Morgan fingerprint density at radius 3 is 2.53 bits per heavy atom. The lowest BCUT2D eigenvalue weighted by molar-refractivity contribution is 0.199. The molecule has 0 aliphatic carbocycles. The molecule has 1 atom stereocenters. The van der Waals surface area contributed by atoms with Gasteiger partial charge >= 0.3 is 0 Å². The third kappa shape index (κ3) is 1.64. The standard InChI is InChI=1S/C9H11ClN4O/c1-13-7(3-4-11-13)9(15)8-6(10)5-12-14(8)2/h3-5,9,15H,1-2H3. The summed E-state index contributed by atoms with van der Waals surface area (Å²) < 4.78 is 3.16. The van der Waals surface area contributed by atoms with E-state index in [1.807, 2.05) is 0 Å². The molecule has 0 saturated heterocycles. The van der Waals surface area contributed by atoms with Crippen LogP contribution in [0.25, 0.3) is 0 Å². The number of aryl methyl sites for hydroxylation is 2. The summed E-state index contributed by atoms with van der Waals surface area (Å²) in [7, 11) is 3.50. The van der Waals surface area contributed by atoms with Gasteiger partial charge < -0.3 is 5.11 Å². The first-order chi connectivity index (χ1) is 7.11. The number of nitrogens with zero attached hydrogens (tertiary/aromatic N) is 4. The molecule has 0 fully saturated rings. The van der Waals surface area contributed by atoms with Crippen molar-refractivity contribution >= 4 is 11.6 Å². The summed E-state index contributed by atoms with van der Waals surface area (Å²) in [6, 6.07) is 1.74. The fourth-order valence-electron chi connectivity index (χ4n) is 1.52. The second-order valence-electron chi connectivity index (χ2n) is 3.28. The topological polar surface area (TPSA) is 55.9 Å². The molecule has 0 aromatic carbocycles. The number of halogens is 1. The van der Waals surface area contributed by atoms with Crippen molar-refractivity contribution in [1.29, 1.82) is 0 Å². The van der Waals surface area contributed by atoms with Gasteiger partial charge in [-0.2, -0.15) is 10.2 Å². The predicted molar refractivity (Wildman–Crippen MR) is 55.5 cm³/mol. The van der Waals surface area contributed by atoms with Crippen molar-refractivity contribution in [2.45, 2.75) is 6.10 Å². The Labute approximate surface area is 91.9 Å². The third-order valence-electron chi connectivity index (χ3n) is 2.34. The molecule has 0 saturated carbocycles. The van der Waals surface area contributed by atoms with Gasteiger partial charge in [0, 0.05) is 20.3 Å². The number of rotatable bonds is 2. The number of aromatic nitrogens is 4. The molecule has 6 heteroatoms. The van der Waals surface area contributed by atoms with Crippen molar-refractivity contribution in [3.05, 3.63) is 34.9 Å². The Morgan fingerprint density at radius 2 is 2.07 bits per heavy atom. The minimum absolute atomic E-state index is 0.450. The zero-order chi connectivity index (χ0) is 11.0. The number of aliphatic hydroxyl groups excluding tert-OH is 1. The van der Waals surface area contributed by atoms with Gasteiger partial charge in [-0.25, -0.2) is 0 Å². The summed E-state index contributed by atoms with van der Waals surface area (Å²) in [6.07, 6.45) is 2.33. The van der Waals surface area contributed by atoms with Crippen LogP contribution in [0.2, 0.25) is 5.02 Å². The van der Waals surface area contributed by atoms with Gasteiger partial charge in [-0.05, 0) is 6.07 Å². The number of aliphatic hydroxyl groups is 1. The van der Waals surface area contributed by atoms with Gasteiger partial charge in [0.2, 0.25) is 0 Å². The average molecular weight is 227 g/mol. The van der Waals surface area contributed by atoms with Gasteiger partial charge in [0.05, 0.1) is 22.6 Å². The SMILES string of the molecule is Cn1nccc1C(O)c1c(Cl)cnn1C. The largest absolute Gasteiger partial charge is 0.380 e. The van der Waals surface area contributed by atoms with Gasteiger partial charge in [-0.1, -0.05) is 11.6 Å². The minimum atomic E-state index is -0.808. The number of hydrogen-bond donors (Lipinski definition) is 1. The van der Waals surface area contributed by atoms with E-state index in [-0.39, 0.29) is 0 Å². The zero-order valence-electron chi connectivity index (χ0n) is 8.42. The minimum Gasteiger partial charge on any atom is -0.380 e. The van der Waals surface area contributed by atoms with Crippen LogP contribution in [0, 0.1) is 0 Å². The molecule has 2 aromatic rings. The highest BCUT2D eigenvalue weighted by molar-refractivity contribution is 6.31. The monoisotopic (exact) mass is 226 g/mol. The molecule has 2 rings (SSSR count). The fraction of sp³-hybridized carbons (Fsp3) is 0.333. The van der Waals surface area contributed by atoms with Crippen molar-refractivity contribution in [2.75, 3.05) is 0 Å². The van der Waals surface area contributed by atoms with Gasteiger partial charge in [0.25, 0.3) is 0 Å².